The van der Waals surface area contributed by atoms with Crippen molar-refractivity contribution in [2.45, 2.75) is 335 Å². The summed E-state index contributed by atoms with van der Waals surface area (Å²) in [6, 6.07) is -0.914. The topological polar surface area (TPSA) is 114 Å². The van der Waals surface area contributed by atoms with Gasteiger partial charge in [0.15, 0.2) is 0 Å². The van der Waals surface area contributed by atoms with Gasteiger partial charge in [0.2, 0.25) is 5.91 Å². The number of rotatable bonds is 60. The van der Waals surface area contributed by atoms with Crippen LogP contribution in [0.1, 0.15) is 323 Å². The molecule has 0 radical (unpaired) electrons. The molecule has 0 rings (SSSR count). The maximum absolute atomic E-state index is 13.5. The third-order valence-corrected chi connectivity index (χ3v) is 15.8. The largest absolute Gasteiger partial charge is 0.756 e. The van der Waals surface area contributed by atoms with E-state index in [1.54, 1.807) is 0 Å². The monoisotopic (exact) mass is 1090 g/mol. The first-order chi connectivity index (χ1) is 36.9. The van der Waals surface area contributed by atoms with Crippen molar-refractivity contribution >= 4 is 19.7 Å². The van der Waals surface area contributed by atoms with Crippen LogP contribution in [-0.2, 0) is 27.9 Å². The van der Waals surface area contributed by atoms with Crippen LogP contribution in [-0.4, -0.2) is 69.4 Å². The summed E-state index contributed by atoms with van der Waals surface area (Å²) in [5.74, 6) is -0.605. The van der Waals surface area contributed by atoms with Crippen LogP contribution in [0.4, 0.5) is 0 Å². The Morgan fingerprint density at radius 3 is 1.21 bits per heavy atom. The molecule has 10 heteroatoms. The van der Waals surface area contributed by atoms with Gasteiger partial charge in [0.25, 0.3) is 7.82 Å². The van der Waals surface area contributed by atoms with Gasteiger partial charge in [0.05, 0.1) is 33.8 Å². The molecule has 9 nitrogen and oxygen atoms in total. The van der Waals surface area contributed by atoms with E-state index >= 15 is 0 Å². The van der Waals surface area contributed by atoms with Crippen molar-refractivity contribution in [1.82, 2.24) is 5.32 Å². The Hall–Kier alpha value is -1.77. The SMILES string of the molecule is CCCCCCCC/C=C\C/C=C/CCC(=O)NC(COP(=O)([O-])OCC[N+](C)(C)C)C(/C=C\CCCCCCCCCCCC)OC(=O)CCCCCCCCCCCCCCCCCCCCCCCCCCC. The molecule has 0 heterocycles. The number of hydrogen-bond acceptors (Lipinski definition) is 7. The number of amides is 1. The second kappa shape index (κ2) is 56.5. The molecule has 0 aliphatic carbocycles. The number of nitrogens with one attached hydrogen (secondary N) is 1. The number of hydrogen-bond donors (Lipinski definition) is 1. The van der Waals surface area contributed by atoms with Gasteiger partial charge < -0.3 is 28.5 Å². The first-order valence-electron chi connectivity index (χ1n) is 32.8. The molecule has 3 unspecified atom stereocenters. The molecule has 76 heavy (non-hydrogen) atoms. The smallest absolute Gasteiger partial charge is 0.306 e. The Bertz CT molecular complexity index is 1400. The number of ether oxygens (including phenoxy) is 1. The van der Waals surface area contributed by atoms with E-state index in [0.717, 1.165) is 51.4 Å². The Kier molecular flexibility index (Phi) is 55.2. The lowest BCUT2D eigenvalue weighted by atomic mass is 10.0. The van der Waals surface area contributed by atoms with E-state index in [9.17, 15) is 19.0 Å². The van der Waals surface area contributed by atoms with Crippen molar-refractivity contribution in [3.8, 4) is 0 Å². The van der Waals surface area contributed by atoms with Crippen LogP contribution in [0.25, 0.3) is 0 Å². The average Bonchev–Trinajstić information content (AvgIpc) is 3.38. The quantitative estimate of drug-likeness (QED) is 0.0212. The number of nitrogens with zero attached hydrogens (tertiary/aromatic N) is 1. The van der Waals surface area contributed by atoms with Gasteiger partial charge in [-0.1, -0.05) is 295 Å². The minimum atomic E-state index is -4.71. The van der Waals surface area contributed by atoms with E-state index in [0.29, 0.717) is 17.4 Å². The summed E-state index contributed by atoms with van der Waals surface area (Å²) in [6.07, 6.45) is 68.6. The van der Waals surface area contributed by atoms with Crippen LogP contribution in [0.3, 0.4) is 0 Å². The molecule has 0 fully saturated rings. The van der Waals surface area contributed by atoms with Crippen LogP contribution in [0.5, 0.6) is 0 Å². The van der Waals surface area contributed by atoms with Crippen molar-refractivity contribution in [2.75, 3.05) is 40.9 Å². The standard InChI is InChI=1S/C66H127N2O7P/c1-7-10-13-16-19-22-25-28-29-30-31-32-33-34-35-36-37-38-39-41-44-47-50-53-56-59-66(70)75-64(57-54-51-48-45-42-27-24-21-18-15-12-9-3)63(62-74-76(71,72)73-61-60-68(4,5)6)67-65(69)58-55-52-49-46-43-40-26-23-20-17-14-11-8-2/h40,43,49,52,54,57,63-64H,7-39,41-42,44-48,50-51,53,55-56,58-62H2,1-6H3,(H-,67,69,71,72)/b43-40-,52-49+,57-54-. The third kappa shape index (κ3) is 56.9. The van der Waals surface area contributed by atoms with Crippen molar-refractivity contribution < 1.29 is 37.3 Å². The summed E-state index contributed by atoms with van der Waals surface area (Å²) in [5.41, 5.74) is 0. The van der Waals surface area contributed by atoms with Crippen molar-refractivity contribution in [1.29, 1.82) is 0 Å². The lowest BCUT2D eigenvalue weighted by Crippen LogP contribution is -2.47. The van der Waals surface area contributed by atoms with Crippen LogP contribution in [0.2, 0.25) is 0 Å². The number of unbranched alkanes of at least 4 members (excludes halogenated alkanes) is 40. The molecule has 1 amide bonds. The first-order valence-corrected chi connectivity index (χ1v) is 34.3. The van der Waals surface area contributed by atoms with Crippen molar-refractivity contribution in [2.24, 2.45) is 0 Å². The van der Waals surface area contributed by atoms with Gasteiger partial charge in [-0.25, -0.2) is 0 Å². The Balaban J connectivity index is 5.07. The van der Waals surface area contributed by atoms with E-state index < -0.39 is 26.6 Å². The van der Waals surface area contributed by atoms with Crippen LogP contribution < -0.4 is 10.2 Å². The van der Waals surface area contributed by atoms with Gasteiger partial charge in [0, 0.05) is 12.8 Å². The summed E-state index contributed by atoms with van der Waals surface area (Å²) in [7, 11) is 1.17. The van der Waals surface area contributed by atoms with Gasteiger partial charge in [0.1, 0.15) is 19.3 Å². The van der Waals surface area contributed by atoms with E-state index in [2.05, 4.69) is 44.3 Å². The molecule has 3 atom stereocenters. The molecule has 0 saturated heterocycles. The summed E-state index contributed by atoms with van der Waals surface area (Å²) in [5, 5.41) is 2.99. The third-order valence-electron chi connectivity index (χ3n) is 14.8. The van der Waals surface area contributed by atoms with E-state index in [-0.39, 0.29) is 31.3 Å². The number of phosphoric ester groups is 1. The zero-order valence-corrected chi connectivity index (χ0v) is 52.1. The number of quaternary nitrogens is 1. The molecule has 0 aromatic heterocycles. The lowest BCUT2D eigenvalue weighted by molar-refractivity contribution is -0.870. The fraction of sp³-hybridized carbons (Fsp3) is 0.879. The Morgan fingerprint density at radius 1 is 0.461 bits per heavy atom. The molecular formula is C66H127N2O7P. The molecule has 0 aliphatic heterocycles. The van der Waals surface area contributed by atoms with E-state index in [1.807, 2.05) is 39.4 Å². The van der Waals surface area contributed by atoms with Gasteiger partial charge >= 0.3 is 5.97 Å². The molecule has 0 aromatic carbocycles. The van der Waals surface area contributed by atoms with Crippen LogP contribution in [0.15, 0.2) is 36.5 Å². The van der Waals surface area contributed by atoms with Crippen LogP contribution in [0, 0.1) is 0 Å². The molecule has 0 saturated carbocycles. The van der Waals surface area contributed by atoms with Gasteiger partial charge in [-0.2, -0.15) is 0 Å². The van der Waals surface area contributed by atoms with Crippen molar-refractivity contribution in [3.63, 3.8) is 0 Å². The zero-order valence-electron chi connectivity index (χ0n) is 51.2. The number of likely N-dealkylation sites (N-methyl/N-ethyl adjacent to an activating group) is 1. The first kappa shape index (κ1) is 74.2. The predicted molar refractivity (Wildman–Crippen MR) is 326 cm³/mol. The molecule has 0 aliphatic rings. The maximum Gasteiger partial charge on any atom is 0.306 e. The molecule has 0 spiro atoms. The molecule has 0 aromatic rings. The average molecular weight is 1090 g/mol. The second-order valence-electron chi connectivity index (χ2n) is 23.6. The van der Waals surface area contributed by atoms with Crippen molar-refractivity contribution in [3.05, 3.63) is 36.5 Å². The highest BCUT2D eigenvalue weighted by molar-refractivity contribution is 7.45. The van der Waals surface area contributed by atoms with E-state index in [4.69, 9.17) is 13.8 Å². The summed E-state index contributed by atoms with van der Waals surface area (Å²) < 4.78 is 30.3. The molecule has 1 N–H and O–H groups in total. The molecule has 0 bridgehead atoms. The number of carbonyl (C=O) groups excluding carboxylic acids is 2. The van der Waals surface area contributed by atoms with Gasteiger partial charge in [-0.3, -0.25) is 14.2 Å². The number of phosphoric acid groups is 1. The molecule has 448 valence electrons. The van der Waals surface area contributed by atoms with E-state index in [1.165, 1.54) is 231 Å². The highest BCUT2D eigenvalue weighted by Gasteiger charge is 2.27. The van der Waals surface area contributed by atoms with Crippen LogP contribution >= 0.6 is 7.82 Å². The Morgan fingerprint density at radius 2 is 0.816 bits per heavy atom. The predicted octanol–water partition coefficient (Wildman–Crippen LogP) is 19.7. The molecular weight excluding hydrogens is 964 g/mol. The Labute approximate surface area is 472 Å². The second-order valence-corrected chi connectivity index (χ2v) is 25.0. The number of carbonyl (C=O) groups is 2. The summed E-state index contributed by atoms with van der Waals surface area (Å²) in [4.78, 5) is 39.9. The normalized spacial score (nSPS) is 13.8. The van der Waals surface area contributed by atoms with Gasteiger partial charge in [-0.05, 0) is 51.0 Å². The minimum absolute atomic E-state index is 0.0291. The number of allylic oxidation sites excluding steroid dienone is 5. The highest BCUT2D eigenvalue weighted by atomic mass is 31.2. The fourth-order valence-corrected chi connectivity index (χ4v) is 10.5. The zero-order chi connectivity index (χ0) is 55.7. The lowest BCUT2D eigenvalue weighted by Gasteiger charge is -2.30. The van der Waals surface area contributed by atoms with Gasteiger partial charge in [-0.15, -0.1) is 0 Å². The maximum atomic E-state index is 13.5. The minimum Gasteiger partial charge on any atom is -0.756 e. The number of esters is 1. The fourth-order valence-electron chi connectivity index (χ4n) is 9.75. The summed E-state index contributed by atoms with van der Waals surface area (Å²) in [6.45, 7) is 6.83. The summed E-state index contributed by atoms with van der Waals surface area (Å²) >= 11 is 0. The highest BCUT2D eigenvalue weighted by Crippen LogP contribution is 2.38.